The molecule has 2 heterocycles. The molecule has 1 unspecified atom stereocenters. The first-order valence-electron chi connectivity index (χ1n) is 11.4. The molecule has 4 rings (SSSR count). The van der Waals surface area contributed by atoms with Crippen molar-refractivity contribution in [3.63, 3.8) is 0 Å². The summed E-state index contributed by atoms with van der Waals surface area (Å²) in [6.45, 7) is 6.65. The highest BCUT2D eigenvalue weighted by Crippen LogP contribution is 2.41. The zero-order valence-electron chi connectivity index (χ0n) is 19.6. The minimum absolute atomic E-state index is 0.0862. The molecule has 6 heteroatoms. The molecule has 1 saturated heterocycles. The molecule has 1 atom stereocenters. The lowest BCUT2D eigenvalue weighted by atomic mass is 9.93. The molecule has 1 aliphatic rings. The molecule has 6 nitrogen and oxygen atoms in total. The fourth-order valence-corrected chi connectivity index (χ4v) is 4.18. The number of likely N-dealkylation sites (tertiary alicyclic amines) is 1. The van der Waals surface area contributed by atoms with Crippen molar-refractivity contribution < 1.29 is 19.4 Å². The first-order chi connectivity index (χ1) is 16.4. The number of aryl methyl sites for hydroxylation is 2. The minimum atomic E-state index is -0.712. The number of carbonyl (C=O) groups excluding carboxylic acids is 2. The van der Waals surface area contributed by atoms with E-state index >= 15 is 0 Å². The van der Waals surface area contributed by atoms with Crippen LogP contribution in [0.15, 0.2) is 72.6 Å². The number of benzene rings is 2. The second kappa shape index (κ2) is 9.91. The maximum atomic E-state index is 13.2. The Kier molecular flexibility index (Phi) is 6.77. The Balaban J connectivity index is 1.82. The van der Waals surface area contributed by atoms with Crippen LogP contribution >= 0.6 is 0 Å². The molecule has 1 amide bonds. The van der Waals surface area contributed by atoms with E-state index in [0.717, 1.165) is 28.7 Å². The summed E-state index contributed by atoms with van der Waals surface area (Å²) in [7, 11) is 0. The summed E-state index contributed by atoms with van der Waals surface area (Å²) in [5.74, 6) is -0.825. The first-order valence-corrected chi connectivity index (χ1v) is 11.4. The lowest BCUT2D eigenvalue weighted by Gasteiger charge is -2.25. The Morgan fingerprint density at radius 1 is 1.09 bits per heavy atom. The molecule has 0 aliphatic carbocycles. The van der Waals surface area contributed by atoms with Crippen molar-refractivity contribution in [1.29, 1.82) is 0 Å². The Morgan fingerprint density at radius 2 is 1.85 bits per heavy atom. The molecule has 174 valence electrons. The van der Waals surface area contributed by atoms with Gasteiger partial charge in [-0.3, -0.25) is 14.6 Å². The third kappa shape index (κ3) is 4.57. The third-order valence-electron chi connectivity index (χ3n) is 5.93. The number of Topliss-reactive ketones (excluding diaryl/α,β-unsaturated/α-hetero) is 1. The summed E-state index contributed by atoms with van der Waals surface area (Å²) in [5.41, 5.74) is 3.97. The number of nitrogens with zero attached hydrogens (tertiary/aromatic N) is 2. The van der Waals surface area contributed by atoms with Gasteiger partial charge in [-0.15, -0.1) is 0 Å². The van der Waals surface area contributed by atoms with Crippen LogP contribution in [-0.4, -0.2) is 33.3 Å². The zero-order chi connectivity index (χ0) is 24.2. The van der Waals surface area contributed by atoms with Gasteiger partial charge >= 0.3 is 0 Å². The van der Waals surface area contributed by atoms with Crippen LogP contribution in [0.1, 0.15) is 47.2 Å². The van der Waals surface area contributed by atoms with E-state index in [4.69, 9.17) is 4.74 Å². The van der Waals surface area contributed by atoms with Crippen LogP contribution in [0.25, 0.3) is 5.76 Å². The Labute approximate surface area is 199 Å². The van der Waals surface area contributed by atoms with E-state index in [-0.39, 0.29) is 17.9 Å². The molecule has 1 aromatic heterocycles. The van der Waals surface area contributed by atoms with Gasteiger partial charge in [-0.25, -0.2) is 0 Å². The predicted molar refractivity (Wildman–Crippen MR) is 130 cm³/mol. The maximum Gasteiger partial charge on any atom is 0.295 e. The van der Waals surface area contributed by atoms with E-state index in [2.05, 4.69) is 4.98 Å². The van der Waals surface area contributed by atoms with Crippen molar-refractivity contribution in [2.24, 2.45) is 0 Å². The summed E-state index contributed by atoms with van der Waals surface area (Å²) in [4.78, 5) is 32.0. The molecule has 1 aliphatic heterocycles. The molecule has 0 saturated carbocycles. The SMILES string of the molecule is CCCOc1ccc(/C(O)=C2\C(=O)C(=O)N(Cc3cccnc3)C2c2ccc(C)cc2)c(C)c1. The molecule has 3 aromatic rings. The standard InChI is InChI=1S/C28H28N2O4/c1-4-14-34-22-11-12-23(19(3)15-22)26(31)24-25(21-9-7-18(2)8-10-21)30(28(33)27(24)32)17-20-6-5-13-29-16-20/h5-13,15-16,25,31H,4,14,17H2,1-3H3/b26-24+. The fraction of sp³-hybridized carbons (Fsp3) is 0.250. The topological polar surface area (TPSA) is 79.7 Å². The van der Waals surface area contributed by atoms with Gasteiger partial charge in [0.1, 0.15) is 11.5 Å². The summed E-state index contributed by atoms with van der Waals surface area (Å²) in [6.07, 6.45) is 4.22. The molecule has 0 spiro atoms. The Bertz CT molecular complexity index is 1230. The van der Waals surface area contributed by atoms with E-state index in [0.29, 0.717) is 17.9 Å². The van der Waals surface area contributed by atoms with Crippen molar-refractivity contribution in [3.05, 3.63) is 100 Å². The van der Waals surface area contributed by atoms with Crippen LogP contribution in [0.5, 0.6) is 5.75 Å². The van der Waals surface area contributed by atoms with Crippen molar-refractivity contribution >= 4 is 17.4 Å². The van der Waals surface area contributed by atoms with Crippen LogP contribution in [0.2, 0.25) is 0 Å². The van der Waals surface area contributed by atoms with Crippen molar-refractivity contribution in [2.75, 3.05) is 6.61 Å². The van der Waals surface area contributed by atoms with Crippen LogP contribution < -0.4 is 4.74 Å². The molecule has 34 heavy (non-hydrogen) atoms. The highest BCUT2D eigenvalue weighted by Gasteiger charge is 2.46. The highest BCUT2D eigenvalue weighted by atomic mass is 16.5. The van der Waals surface area contributed by atoms with Crippen LogP contribution in [0, 0.1) is 13.8 Å². The predicted octanol–water partition coefficient (Wildman–Crippen LogP) is 5.11. The summed E-state index contributed by atoms with van der Waals surface area (Å²) < 4.78 is 5.69. The van der Waals surface area contributed by atoms with Crippen LogP contribution in [0.4, 0.5) is 0 Å². The average Bonchev–Trinajstić information content (AvgIpc) is 3.08. The van der Waals surface area contributed by atoms with Gasteiger partial charge < -0.3 is 14.7 Å². The van der Waals surface area contributed by atoms with Gasteiger partial charge in [-0.2, -0.15) is 0 Å². The summed E-state index contributed by atoms with van der Waals surface area (Å²) in [5, 5.41) is 11.4. The number of ether oxygens (including phenoxy) is 1. The number of aromatic nitrogens is 1. The van der Waals surface area contributed by atoms with E-state index < -0.39 is 17.7 Å². The number of aliphatic hydroxyl groups excluding tert-OH is 1. The summed E-state index contributed by atoms with van der Waals surface area (Å²) in [6, 6.07) is 15.9. The number of rotatable bonds is 7. The minimum Gasteiger partial charge on any atom is -0.507 e. The number of hydrogen-bond donors (Lipinski definition) is 1. The molecular formula is C28H28N2O4. The monoisotopic (exact) mass is 456 g/mol. The largest absolute Gasteiger partial charge is 0.507 e. The van der Waals surface area contributed by atoms with Crippen LogP contribution in [-0.2, 0) is 16.1 Å². The Hall–Kier alpha value is -3.93. The highest BCUT2D eigenvalue weighted by molar-refractivity contribution is 6.46. The average molecular weight is 457 g/mol. The number of ketones is 1. The summed E-state index contributed by atoms with van der Waals surface area (Å²) >= 11 is 0. The van der Waals surface area contributed by atoms with Gasteiger partial charge in [0.2, 0.25) is 0 Å². The second-order valence-corrected chi connectivity index (χ2v) is 8.52. The smallest absolute Gasteiger partial charge is 0.295 e. The van der Waals surface area contributed by atoms with Gasteiger partial charge in [0.25, 0.3) is 11.7 Å². The number of carbonyl (C=O) groups is 2. The third-order valence-corrected chi connectivity index (χ3v) is 5.93. The lowest BCUT2D eigenvalue weighted by Crippen LogP contribution is -2.29. The van der Waals surface area contributed by atoms with Crippen molar-refractivity contribution in [3.8, 4) is 5.75 Å². The van der Waals surface area contributed by atoms with Gasteiger partial charge in [-0.05, 0) is 61.2 Å². The van der Waals surface area contributed by atoms with Gasteiger partial charge in [0, 0.05) is 24.5 Å². The van der Waals surface area contributed by atoms with Gasteiger partial charge in [0.05, 0.1) is 18.2 Å². The Morgan fingerprint density at radius 3 is 2.50 bits per heavy atom. The molecule has 1 fully saturated rings. The molecular weight excluding hydrogens is 428 g/mol. The lowest BCUT2D eigenvalue weighted by molar-refractivity contribution is -0.140. The van der Waals surface area contributed by atoms with Crippen molar-refractivity contribution in [1.82, 2.24) is 9.88 Å². The van der Waals surface area contributed by atoms with Gasteiger partial charge in [0.15, 0.2) is 0 Å². The zero-order valence-corrected chi connectivity index (χ0v) is 19.6. The van der Waals surface area contributed by atoms with Crippen molar-refractivity contribution in [2.45, 2.75) is 39.8 Å². The number of pyridine rings is 1. The molecule has 0 radical (unpaired) electrons. The van der Waals surface area contributed by atoms with E-state index in [1.54, 1.807) is 30.6 Å². The van der Waals surface area contributed by atoms with E-state index in [9.17, 15) is 14.7 Å². The maximum absolute atomic E-state index is 13.2. The van der Waals surface area contributed by atoms with Crippen LogP contribution in [0.3, 0.4) is 0 Å². The quantitative estimate of drug-likeness (QED) is 0.304. The fourth-order valence-electron chi connectivity index (χ4n) is 4.18. The molecule has 0 bridgehead atoms. The number of hydrogen-bond acceptors (Lipinski definition) is 5. The molecule has 1 N–H and O–H groups in total. The normalized spacial score (nSPS) is 17.3. The van der Waals surface area contributed by atoms with Gasteiger partial charge in [-0.1, -0.05) is 42.8 Å². The number of amides is 1. The number of aliphatic hydroxyl groups is 1. The van der Waals surface area contributed by atoms with E-state index in [1.807, 2.05) is 57.2 Å². The molecule has 2 aromatic carbocycles. The van der Waals surface area contributed by atoms with E-state index in [1.165, 1.54) is 4.90 Å². The second-order valence-electron chi connectivity index (χ2n) is 8.52. The first kappa shape index (κ1) is 23.2.